The predicted molar refractivity (Wildman–Crippen MR) is 74.4 cm³/mol. The second-order valence-electron chi connectivity index (χ2n) is 3.94. The van der Waals surface area contributed by atoms with Crippen LogP contribution in [0.1, 0.15) is 29.1 Å². The molecule has 1 atom stereocenters. The highest BCUT2D eigenvalue weighted by molar-refractivity contribution is 7.11. The molecule has 0 radical (unpaired) electrons. The fraction of sp³-hybridized carbons (Fsp3) is 0.385. The maximum Gasteiger partial charge on any atom is 0.328 e. The third kappa shape index (κ3) is 5.67. The number of aliphatic carboxylic acids is 1. The van der Waals surface area contributed by atoms with E-state index in [4.69, 9.17) is 9.84 Å². The van der Waals surface area contributed by atoms with Crippen LogP contribution in [0.3, 0.4) is 0 Å². The lowest BCUT2D eigenvalue weighted by atomic mass is 10.2. The molecule has 0 fully saturated rings. The Kier molecular flexibility index (Phi) is 6.24. The van der Waals surface area contributed by atoms with E-state index in [1.165, 1.54) is 17.4 Å². The Hall–Kier alpha value is -1.66. The quantitative estimate of drug-likeness (QED) is 0.750. The Morgan fingerprint density at radius 3 is 2.95 bits per heavy atom. The smallest absolute Gasteiger partial charge is 0.328 e. The van der Waals surface area contributed by atoms with Crippen molar-refractivity contribution in [1.82, 2.24) is 5.32 Å². The van der Waals surface area contributed by atoms with Crippen LogP contribution in [0.25, 0.3) is 6.08 Å². The van der Waals surface area contributed by atoms with Gasteiger partial charge in [0.1, 0.15) is 0 Å². The van der Waals surface area contributed by atoms with Gasteiger partial charge in [-0.15, -0.1) is 11.3 Å². The number of carboxylic acid groups (broad SMARTS) is 1. The van der Waals surface area contributed by atoms with E-state index in [0.29, 0.717) is 18.8 Å². The van der Waals surface area contributed by atoms with Crippen LogP contribution in [0.4, 0.5) is 0 Å². The third-order valence-corrected chi connectivity index (χ3v) is 3.12. The number of carbonyl (C=O) groups is 2. The fourth-order valence-electron chi connectivity index (χ4n) is 1.36. The van der Waals surface area contributed by atoms with E-state index in [0.717, 1.165) is 11.0 Å². The summed E-state index contributed by atoms with van der Waals surface area (Å²) < 4.78 is 5.21. The normalized spacial score (nSPS) is 12.5. The molecule has 5 nitrogen and oxygen atoms in total. The molecular weight excluding hydrogens is 266 g/mol. The molecule has 1 aromatic heterocycles. The average Bonchev–Trinajstić information content (AvgIpc) is 2.82. The first-order valence-corrected chi connectivity index (χ1v) is 6.79. The van der Waals surface area contributed by atoms with Gasteiger partial charge in [0.25, 0.3) is 5.91 Å². The van der Waals surface area contributed by atoms with Gasteiger partial charge < -0.3 is 15.2 Å². The third-order valence-electron chi connectivity index (χ3n) is 2.22. The SMILES string of the molecule is CCOCC(C)NC(=O)c1csc(C=CC(=O)O)c1. The Labute approximate surface area is 115 Å². The standard InChI is InChI=1S/C13H17NO4S/c1-3-18-7-9(2)14-13(17)10-6-11(19-8-10)4-5-12(15)16/h4-6,8-9H,3,7H2,1-2H3,(H,14,17)(H,15,16). The molecule has 1 heterocycles. The highest BCUT2D eigenvalue weighted by atomic mass is 32.1. The second kappa shape index (κ2) is 7.70. The molecule has 6 heteroatoms. The van der Waals surface area contributed by atoms with Crippen LogP contribution in [0, 0.1) is 0 Å². The van der Waals surface area contributed by atoms with Crippen molar-refractivity contribution in [3.8, 4) is 0 Å². The number of rotatable bonds is 7. The molecule has 104 valence electrons. The van der Waals surface area contributed by atoms with Crippen molar-refractivity contribution in [2.24, 2.45) is 0 Å². The van der Waals surface area contributed by atoms with Crippen LogP contribution in [-0.4, -0.2) is 36.2 Å². The molecule has 0 saturated heterocycles. The maximum atomic E-state index is 11.9. The number of hydrogen-bond donors (Lipinski definition) is 2. The molecule has 0 aliphatic rings. The summed E-state index contributed by atoms with van der Waals surface area (Å²) in [6.07, 6.45) is 2.51. The molecule has 1 amide bonds. The van der Waals surface area contributed by atoms with Gasteiger partial charge in [-0.2, -0.15) is 0 Å². The van der Waals surface area contributed by atoms with E-state index >= 15 is 0 Å². The zero-order valence-electron chi connectivity index (χ0n) is 10.9. The molecule has 0 saturated carbocycles. The Morgan fingerprint density at radius 2 is 2.32 bits per heavy atom. The lowest BCUT2D eigenvalue weighted by Crippen LogP contribution is -2.35. The highest BCUT2D eigenvalue weighted by Crippen LogP contribution is 2.16. The lowest BCUT2D eigenvalue weighted by Gasteiger charge is -2.12. The molecule has 19 heavy (non-hydrogen) atoms. The minimum atomic E-state index is -1.01. The molecule has 2 N–H and O–H groups in total. The molecule has 1 aromatic rings. The number of ether oxygens (including phenoxy) is 1. The van der Waals surface area contributed by atoms with Gasteiger partial charge in [-0.1, -0.05) is 0 Å². The van der Waals surface area contributed by atoms with Crippen molar-refractivity contribution in [2.45, 2.75) is 19.9 Å². The van der Waals surface area contributed by atoms with Gasteiger partial charge in [-0.25, -0.2) is 4.79 Å². The molecule has 0 aromatic carbocycles. The minimum Gasteiger partial charge on any atom is -0.478 e. The molecule has 0 bridgehead atoms. The van der Waals surface area contributed by atoms with Gasteiger partial charge >= 0.3 is 5.97 Å². The molecule has 0 aliphatic heterocycles. The van der Waals surface area contributed by atoms with Crippen molar-refractivity contribution < 1.29 is 19.4 Å². The van der Waals surface area contributed by atoms with Gasteiger partial charge in [0, 0.05) is 29.0 Å². The molecule has 1 rings (SSSR count). The summed E-state index contributed by atoms with van der Waals surface area (Å²) in [5.41, 5.74) is 0.526. The lowest BCUT2D eigenvalue weighted by molar-refractivity contribution is -0.131. The first kappa shape index (κ1) is 15.4. The zero-order valence-corrected chi connectivity index (χ0v) is 11.7. The predicted octanol–water partition coefficient (Wildman–Crippen LogP) is 2.00. The van der Waals surface area contributed by atoms with Gasteiger partial charge in [0.15, 0.2) is 0 Å². The van der Waals surface area contributed by atoms with Crippen LogP contribution in [0.15, 0.2) is 17.5 Å². The van der Waals surface area contributed by atoms with Gasteiger partial charge in [0.2, 0.25) is 0 Å². The fourth-order valence-corrected chi connectivity index (χ4v) is 2.14. The zero-order chi connectivity index (χ0) is 14.3. The molecular formula is C13H17NO4S. The van der Waals surface area contributed by atoms with Crippen molar-refractivity contribution in [2.75, 3.05) is 13.2 Å². The van der Waals surface area contributed by atoms with Crippen LogP contribution in [-0.2, 0) is 9.53 Å². The Bertz CT molecular complexity index is 467. The summed E-state index contributed by atoms with van der Waals surface area (Å²) in [5, 5.41) is 13.0. The number of carboxylic acids is 1. The van der Waals surface area contributed by atoms with Crippen molar-refractivity contribution in [3.63, 3.8) is 0 Å². The van der Waals surface area contributed by atoms with E-state index in [1.54, 1.807) is 11.4 Å². The van der Waals surface area contributed by atoms with Crippen LogP contribution in [0.2, 0.25) is 0 Å². The average molecular weight is 283 g/mol. The number of amides is 1. The summed E-state index contributed by atoms with van der Waals surface area (Å²) in [6, 6.07) is 1.60. The summed E-state index contributed by atoms with van der Waals surface area (Å²) in [4.78, 5) is 23.0. The van der Waals surface area contributed by atoms with Crippen molar-refractivity contribution >= 4 is 29.3 Å². The topological polar surface area (TPSA) is 75.6 Å². The van der Waals surface area contributed by atoms with Gasteiger partial charge in [-0.05, 0) is 26.0 Å². The van der Waals surface area contributed by atoms with Gasteiger partial charge in [-0.3, -0.25) is 4.79 Å². The van der Waals surface area contributed by atoms with Crippen LogP contribution < -0.4 is 5.32 Å². The van der Waals surface area contributed by atoms with Crippen molar-refractivity contribution in [1.29, 1.82) is 0 Å². The second-order valence-corrected chi connectivity index (χ2v) is 4.89. The number of carbonyl (C=O) groups excluding carboxylic acids is 1. The van der Waals surface area contributed by atoms with E-state index in [9.17, 15) is 9.59 Å². The number of thiophene rings is 1. The highest BCUT2D eigenvalue weighted by Gasteiger charge is 2.11. The maximum absolute atomic E-state index is 11.9. The largest absolute Gasteiger partial charge is 0.478 e. The van der Waals surface area contributed by atoms with Gasteiger partial charge in [0.05, 0.1) is 12.2 Å². The van der Waals surface area contributed by atoms with E-state index < -0.39 is 5.97 Å². The summed E-state index contributed by atoms with van der Waals surface area (Å²) >= 11 is 1.32. The van der Waals surface area contributed by atoms with Crippen LogP contribution >= 0.6 is 11.3 Å². The number of hydrogen-bond acceptors (Lipinski definition) is 4. The first-order valence-electron chi connectivity index (χ1n) is 5.91. The minimum absolute atomic E-state index is 0.0645. The monoisotopic (exact) mass is 283 g/mol. The van der Waals surface area contributed by atoms with E-state index in [-0.39, 0.29) is 11.9 Å². The first-order chi connectivity index (χ1) is 9.02. The van der Waals surface area contributed by atoms with Crippen molar-refractivity contribution in [3.05, 3.63) is 28.0 Å². The Morgan fingerprint density at radius 1 is 1.58 bits per heavy atom. The summed E-state index contributed by atoms with van der Waals surface area (Å²) in [7, 11) is 0. The number of nitrogens with one attached hydrogen (secondary N) is 1. The molecule has 0 spiro atoms. The van der Waals surface area contributed by atoms with E-state index in [1.807, 2.05) is 13.8 Å². The summed E-state index contributed by atoms with van der Waals surface area (Å²) in [6.45, 7) is 4.85. The molecule has 1 unspecified atom stereocenters. The summed E-state index contributed by atoms with van der Waals surface area (Å²) in [5.74, 6) is -1.19. The Balaban J connectivity index is 2.56. The van der Waals surface area contributed by atoms with Crippen LogP contribution in [0.5, 0.6) is 0 Å². The van der Waals surface area contributed by atoms with E-state index in [2.05, 4.69) is 5.32 Å². The molecule has 0 aliphatic carbocycles.